The molecular weight excluding hydrogens is 501 g/mol. The quantitative estimate of drug-likeness (QED) is 0.384. The topological polar surface area (TPSA) is 90.7 Å². The summed E-state index contributed by atoms with van der Waals surface area (Å²) in [5.41, 5.74) is -1.57. The van der Waals surface area contributed by atoms with Crippen LogP contribution in [0, 0.1) is 11.3 Å². The fraction of sp³-hybridized carbons (Fsp3) is 0.280. The number of carbonyl (C=O) groups excluding carboxylic acids is 3. The number of ether oxygens (including phenoxy) is 1. The van der Waals surface area contributed by atoms with Gasteiger partial charge in [-0.2, -0.15) is 27.2 Å². The van der Waals surface area contributed by atoms with Gasteiger partial charge in [0.25, 0.3) is 0 Å². The minimum Gasteiger partial charge on any atom is -0.465 e. The average molecular weight is 521 g/mol. The van der Waals surface area contributed by atoms with E-state index in [0.717, 1.165) is 29.0 Å². The van der Waals surface area contributed by atoms with E-state index in [1.54, 1.807) is 0 Å². The average Bonchev–Trinajstić information content (AvgIpc) is 2.84. The molecule has 0 fully saturated rings. The molecule has 0 saturated carbocycles. The zero-order valence-corrected chi connectivity index (χ0v) is 20.0. The number of alkyl halides is 5. The molecule has 1 heterocycles. The van der Waals surface area contributed by atoms with Crippen molar-refractivity contribution >= 4 is 23.5 Å². The van der Waals surface area contributed by atoms with Crippen LogP contribution in [-0.4, -0.2) is 43.0 Å². The summed E-state index contributed by atoms with van der Waals surface area (Å²) in [7, 11) is 2.39. The normalized spacial score (nSPS) is 16.5. The number of rotatable bonds is 5. The Morgan fingerprint density at radius 3 is 2.27 bits per heavy atom. The second kappa shape index (κ2) is 9.65. The van der Waals surface area contributed by atoms with Gasteiger partial charge >= 0.3 is 24.1 Å². The number of methoxy groups -OCH3 is 1. The van der Waals surface area contributed by atoms with Gasteiger partial charge in [0.2, 0.25) is 0 Å². The number of anilines is 1. The number of benzene rings is 2. The van der Waals surface area contributed by atoms with Gasteiger partial charge < -0.3 is 9.64 Å². The molecule has 194 valence electrons. The molecule has 1 unspecified atom stereocenters. The Morgan fingerprint density at radius 2 is 1.73 bits per heavy atom. The van der Waals surface area contributed by atoms with E-state index in [0.29, 0.717) is 12.1 Å². The Hall–Kier alpha value is -4.27. The first-order chi connectivity index (χ1) is 17.2. The van der Waals surface area contributed by atoms with Crippen LogP contribution >= 0.6 is 0 Å². The lowest BCUT2D eigenvalue weighted by atomic mass is 9.87. The molecule has 0 bridgehead atoms. The van der Waals surface area contributed by atoms with Crippen molar-refractivity contribution in [2.75, 3.05) is 19.1 Å². The summed E-state index contributed by atoms with van der Waals surface area (Å²) in [4.78, 5) is 40.6. The molecule has 12 heteroatoms. The summed E-state index contributed by atoms with van der Waals surface area (Å²) < 4.78 is 71.7. The maximum Gasteiger partial charge on any atom is 0.458 e. The molecule has 1 aliphatic heterocycles. The minimum atomic E-state index is -5.87. The lowest BCUT2D eigenvalue weighted by Crippen LogP contribution is -2.49. The predicted molar refractivity (Wildman–Crippen MR) is 121 cm³/mol. The molecular formula is C25H20F5N3O4. The molecule has 0 saturated heterocycles. The van der Waals surface area contributed by atoms with Crippen molar-refractivity contribution in [2.24, 2.45) is 0 Å². The second-order valence-electron chi connectivity index (χ2n) is 8.21. The van der Waals surface area contributed by atoms with Crippen LogP contribution in [0.1, 0.15) is 46.9 Å². The first kappa shape index (κ1) is 27.3. The zero-order valence-electron chi connectivity index (χ0n) is 20.0. The number of carbonyl (C=O) groups is 3. The SMILES string of the molecule is COC(=O)c1cc(C#N)ccc1C1C(C(C)=O)=C(C)N(c2cccc(C(F)(F)C(F)(F)F)c2)C(=O)N1C. The number of hydrogen-bond donors (Lipinski definition) is 0. The first-order valence-electron chi connectivity index (χ1n) is 10.6. The lowest BCUT2D eigenvalue weighted by molar-refractivity contribution is -0.289. The summed E-state index contributed by atoms with van der Waals surface area (Å²) in [6.45, 7) is 2.52. The summed E-state index contributed by atoms with van der Waals surface area (Å²) in [5.74, 6) is -6.57. The Balaban J connectivity index is 2.25. The molecule has 0 aromatic heterocycles. The highest BCUT2D eigenvalue weighted by Crippen LogP contribution is 2.46. The molecule has 1 aliphatic rings. The van der Waals surface area contributed by atoms with Gasteiger partial charge in [-0.3, -0.25) is 9.69 Å². The number of ketones is 1. The van der Waals surface area contributed by atoms with Gasteiger partial charge in [-0.1, -0.05) is 18.2 Å². The largest absolute Gasteiger partial charge is 0.465 e. The Labute approximate surface area is 208 Å². The predicted octanol–water partition coefficient (Wildman–Crippen LogP) is 5.48. The van der Waals surface area contributed by atoms with Crippen LogP contribution in [0.5, 0.6) is 0 Å². The van der Waals surface area contributed by atoms with Crippen molar-refractivity contribution in [1.82, 2.24) is 4.90 Å². The van der Waals surface area contributed by atoms with Gasteiger partial charge in [0.15, 0.2) is 5.78 Å². The maximum atomic E-state index is 14.0. The first-order valence-corrected chi connectivity index (χ1v) is 10.6. The van der Waals surface area contributed by atoms with E-state index in [2.05, 4.69) is 0 Å². The van der Waals surface area contributed by atoms with Crippen LogP contribution in [0.4, 0.5) is 32.4 Å². The summed E-state index contributed by atoms with van der Waals surface area (Å²) in [6, 6.07) is 7.09. The Morgan fingerprint density at radius 1 is 1.08 bits per heavy atom. The van der Waals surface area contributed by atoms with Gasteiger partial charge in [0.1, 0.15) is 0 Å². The summed E-state index contributed by atoms with van der Waals surface area (Å²) in [5, 5.41) is 9.22. The van der Waals surface area contributed by atoms with E-state index < -0.39 is 41.5 Å². The van der Waals surface area contributed by atoms with Crippen LogP contribution in [-0.2, 0) is 15.5 Å². The zero-order chi connectivity index (χ0) is 27.9. The van der Waals surface area contributed by atoms with Crippen LogP contribution in [0.25, 0.3) is 0 Å². The maximum absolute atomic E-state index is 14.0. The number of amides is 2. The number of allylic oxidation sites excluding steroid dienone is 1. The molecule has 0 aliphatic carbocycles. The molecule has 7 nitrogen and oxygen atoms in total. The number of nitrogens with zero attached hydrogens (tertiary/aromatic N) is 3. The Kier molecular flexibility index (Phi) is 7.12. The molecule has 1 atom stereocenters. The van der Waals surface area contributed by atoms with E-state index in [1.807, 2.05) is 6.07 Å². The van der Waals surface area contributed by atoms with Crippen molar-refractivity contribution in [1.29, 1.82) is 5.26 Å². The number of Topliss-reactive ketones (excluding diaryl/α,β-unsaturated/α-hetero) is 1. The molecule has 0 N–H and O–H groups in total. The van der Waals surface area contributed by atoms with E-state index in [9.17, 15) is 41.6 Å². The summed E-state index contributed by atoms with van der Waals surface area (Å²) >= 11 is 0. The number of esters is 1. The van der Waals surface area contributed by atoms with Gasteiger partial charge in [0.05, 0.1) is 36.0 Å². The molecule has 2 amide bonds. The summed E-state index contributed by atoms with van der Waals surface area (Å²) in [6.07, 6.45) is -5.87. The molecule has 37 heavy (non-hydrogen) atoms. The number of urea groups is 1. The van der Waals surface area contributed by atoms with E-state index in [1.165, 1.54) is 39.1 Å². The lowest BCUT2D eigenvalue weighted by Gasteiger charge is -2.41. The van der Waals surface area contributed by atoms with Crippen LogP contribution < -0.4 is 4.90 Å². The standard InChI is InChI=1S/C25H20F5N3O4/c1-13-20(14(2)34)21(18-9-8-15(12-31)10-19(18)22(35)37-4)32(3)23(36)33(13)17-7-5-6-16(11-17)24(26,27)25(28,29)30/h5-11,21H,1-4H3. The number of hydrogen-bond acceptors (Lipinski definition) is 5. The molecule has 2 aromatic carbocycles. The van der Waals surface area contributed by atoms with Crippen LogP contribution in [0.2, 0.25) is 0 Å². The molecule has 2 aromatic rings. The molecule has 0 spiro atoms. The van der Waals surface area contributed by atoms with Gasteiger partial charge in [0, 0.05) is 23.9 Å². The van der Waals surface area contributed by atoms with Crippen molar-refractivity contribution in [2.45, 2.75) is 32.0 Å². The third kappa shape index (κ3) is 4.64. The third-order valence-corrected chi connectivity index (χ3v) is 5.96. The van der Waals surface area contributed by atoms with Crippen molar-refractivity contribution in [3.05, 3.63) is 76.0 Å². The van der Waals surface area contributed by atoms with Crippen molar-refractivity contribution < 1.29 is 41.1 Å². The molecule has 3 rings (SSSR count). The third-order valence-electron chi connectivity index (χ3n) is 5.96. The smallest absolute Gasteiger partial charge is 0.458 e. The number of likely N-dealkylation sites (N-methyl/N-ethyl adjacent to an activating group) is 1. The van der Waals surface area contributed by atoms with Gasteiger partial charge in [-0.25, -0.2) is 9.59 Å². The second-order valence-corrected chi connectivity index (χ2v) is 8.21. The van der Waals surface area contributed by atoms with Gasteiger partial charge in [-0.15, -0.1) is 0 Å². The van der Waals surface area contributed by atoms with Gasteiger partial charge in [-0.05, 0) is 43.7 Å². The number of halogens is 5. The Bertz CT molecular complexity index is 1360. The molecule has 0 radical (unpaired) electrons. The fourth-order valence-corrected chi connectivity index (χ4v) is 4.19. The van der Waals surface area contributed by atoms with E-state index >= 15 is 0 Å². The van der Waals surface area contributed by atoms with E-state index in [-0.39, 0.29) is 33.6 Å². The van der Waals surface area contributed by atoms with E-state index in [4.69, 9.17) is 4.74 Å². The highest BCUT2D eigenvalue weighted by Gasteiger charge is 2.58. The highest BCUT2D eigenvalue weighted by atomic mass is 19.4. The van der Waals surface area contributed by atoms with Crippen molar-refractivity contribution in [3.63, 3.8) is 0 Å². The fourth-order valence-electron chi connectivity index (χ4n) is 4.19. The van der Waals surface area contributed by atoms with Crippen LogP contribution in [0.3, 0.4) is 0 Å². The monoisotopic (exact) mass is 521 g/mol. The van der Waals surface area contributed by atoms with Crippen molar-refractivity contribution in [3.8, 4) is 6.07 Å². The van der Waals surface area contributed by atoms with Crippen LogP contribution in [0.15, 0.2) is 53.7 Å². The minimum absolute atomic E-state index is 0.0232. The number of nitriles is 1. The highest BCUT2D eigenvalue weighted by molar-refractivity contribution is 6.05.